The van der Waals surface area contributed by atoms with E-state index < -0.39 is 0 Å². The molecule has 4 saturated heterocycles. The zero-order chi connectivity index (χ0) is 18.2. The predicted molar refractivity (Wildman–Crippen MR) is 106 cm³/mol. The molecule has 2 atom stereocenters. The summed E-state index contributed by atoms with van der Waals surface area (Å²) in [5, 5.41) is 7.28. The third kappa shape index (κ3) is 3.97. The van der Waals surface area contributed by atoms with Gasteiger partial charge in [0.05, 0.1) is 5.60 Å². The lowest BCUT2D eigenvalue weighted by Gasteiger charge is -2.42. The Hall–Kier alpha value is -0.200. The molecule has 0 aliphatic carbocycles. The Morgan fingerprint density at radius 2 is 1.62 bits per heavy atom. The molecule has 5 heteroatoms. The summed E-state index contributed by atoms with van der Waals surface area (Å²) in [4.78, 5) is 5.30. The second-order valence-corrected chi connectivity index (χ2v) is 9.85. The zero-order valence-corrected chi connectivity index (χ0v) is 17.2. The average Bonchev–Trinajstić information content (AvgIpc) is 3.24. The van der Waals surface area contributed by atoms with Crippen LogP contribution in [0.15, 0.2) is 0 Å². The van der Waals surface area contributed by atoms with E-state index in [4.69, 9.17) is 4.74 Å². The van der Waals surface area contributed by atoms with Gasteiger partial charge in [-0.1, -0.05) is 0 Å². The highest BCUT2D eigenvalue weighted by molar-refractivity contribution is 4.97. The molecule has 0 aromatic heterocycles. The summed E-state index contributed by atoms with van der Waals surface area (Å²) in [5.41, 5.74) is 0.726. The van der Waals surface area contributed by atoms with Crippen molar-refractivity contribution in [3.63, 3.8) is 0 Å². The van der Waals surface area contributed by atoms with E-state index in [9.17, 15) is 0 Å². The summed E-state index contributed by atoms with van der Waals surface area (Å²) in [5.74, 6) is 0. The fourth-order valence-electron chi connectivity index (χ4n) is 5.68. The van der Waals surface area contributed by atoms with Crippen LogP contribution in [0.1, 0.15) is 59.3 Å². The molecule has 0 aromatic rings. The average molecular weight is 365 g/mol. The third-order valence-corrected chi connectivity index (χ3v) is 7.85. The van der Waals surface area contributed by atoms with Crippen molar-refractivity contribution in [2.75, 3.05) is 45.8 Å². The van der Waals surface area contributed by atoms with Crippen LogP contribution in [0.3, 0.4) is 0 Å². The van der Waals surface area contributed by atoms with Crippen LogP contribution in [0.5, 0.6) is 0 Å². The smallest absolute Gasteiger partial charge is 0.110 e. The first-order valence-corrected chi connectivity index (χ1v) is 11.1. The summed E-state index contributed by atoms with van der Waals surface area (Å²) >= 11 is 0. The predicted octanol–water partition coefficient (Wildman–Crippen LogP) is 2.03. The molecule has 4 aliphatic heterocycles. The van der Waals surface area contributed by atoms with Crippen LogP contribution in [-0.2, 0) is 4.74 Å². The zero-order valence-electron chi connectivity index (χ0n) is 17.2. The van der Waals surface area contributed by atoms with Crippen molar-refractivity contribution in [3.05, 3.63) is 0 Å². The van der Waals surface area contributed by atoms with Crippen LogP contribution < -0.4 is 10.6 Å². The summed E-state index contributed by atoms with van der Waals surface area (Å²) in [7, 11) is 0. The Kier molecular flexibility index (Phi) is 5.64. The highest BCUT2D eigenvalue weighted by atomic mass is 16.5. The standard InChI is InChI=1S/C21H40N4O/c1-17(2)24-12-7-21(8-13-24)16-23-19(26-21)14-18(3)25-10-5-20(6-11-25)4-9-22-15-20/h17-19,22-23H,4-16H2,1-3H3. The topological polar surface area (TPSA) is 39.8 Å². The Morgan fingerprint density at radius 1 is 0.923 bits per heavy atom. The lowest BCUT2D eigenvalue weighted by atomic mass is 9.77. The Morgan fingerprint density at radius 3 is 2.23 bits per heavy atom. The highest BCUT2D eigenvalue weighted by Gasteiger charge is 2.44. The molecule has 2 unspecified atom stereocenters. The van der Waals surface area contributed by atoms with Gasteiger partial charge in [-0.25, -0.2) is 0 Å². The van der Waals surface area contributed by atoms with Crippen molar-refractivity contribution >= 4 is 0 Å². The fourth-order valence-corrected chi connectivity index (χ4v) is 5.68. The van der Waals surface area contributed by atoms with Crippen molar-refractivity contribution in [1.82, 2.24) is 20.4 Å². The molecule has 26 heavy (non-hydrogen) atoms. The molecule has 2 N–H and O–H groups in total. The van der Waals surface area contributed by atoms with E-state index in [0.29, 0.717) is 17.5 Å². The summed E-state index contributed by atoms with van der Waals surface area (Å²) < 4.78 is 6.60. The summed E-state index contributed by atoms with van der Waals surface area (Å²) in [6.45, 7) is 15.4. The number of hydrogen-bond donors (Lipinski definition) is 2. The maximum absolute atomic E-state index is 6.60. The van der Waals surface area contributed by atoms with Gasteiger partial charge < -0.3 is 19.9 Å². The molecule has 4 fully saturated rings. The van der Waals surface area contributed by atoms with Gasteiger partial charge >= 0.3 is 0 Å². The van der Waals surface area contributed by atoms with E-state index in [2.05, 4.69) is 41.2 Å². The van der Waals surface area contributed by atoms with Crippen molar-refractivity contribution in [2.45, 2.75) is 83.2 Å². The van der Waals surface area contributed by atoms with Crippen molar-refractivity contribution in [1.29, 1.82) is 0 Å². The van der Waals surface area contributed by atoms with Gasteiger partial charge in [0.1, 0.15) is 6.23 Å². The summed E-state index contributed by atoms with van der Waals surface area (Å²) in [6, 6.07) is 1.28. The van der Waals surface area contributed by atoms with Gasteiger partial charge in [0.15, 0.2) is 0 Å². The van der Waals surface area contributed by atoms with Gasteiger partial charge in [-0.05, 0) is 77.9 Å². The molecule has 0 saturated carbocycles. The molecule has 5 nitrogen and oxygen atoms in total. The van der Waals surface area contributed by atoms with Gasteiger partial charge in [0.2, 0.25) is 0 Å². The molecular weight excluding hydrogens is 324 g/mol. The number of nitrogens with one attached hydrogen (secondary N) is 2. The maximum atomic E-state index is 6.60. The first kappa shape index (κ1) is 19.1. The van der Waals surface area contributed by atoms with Crippen LogP contribution in [-0.4, -0.2) is 79.5 Å². The lowest BCUT2D eigenvalue weighted by molar-refractivity contribution is -0.0849. The number of ether oxygens (including phenoxy) is 1. The minimum absolute atomic E-state index is 0.108. The normalized spacial score (nSPS) is 33.5. The number of hydrogen-bond acceptors (Lipinski definition) is 5. The van der Waals surface area contributed by atoms with Crippen LogP contribution in [0, 0.1) is 5.41 Å². The van der Waals surface area contributed by atoms with Gasteiger partial charge in [0.25, 0.3) is 0 Å². The SMILES string of the molecule is CC(C)N1CCC2(CC1)CNC(CC(C)N1CCC3(CCNC3)CC1)O2. The van der Waals surface area contributed by atoms with Crippen LogP contribution in [0.2, 0.25) is 0 Å². The van der Waals surface area contributed by atoms with Crippen molar-refractivity contribution in [2.24, 2.45) is 5.41 Å². The largest absolute Gasteiger partial charge is 0.355 e. The minimum atomic E-state index is 0.108. The number of piperidine rings is 2. The van der Waals surface area contributed by atoms with E-state index in [1.807, 2.05) is 0 Å². The molecule has 0 radical (unpaired) electrons. The highest BCUT2D eigenvalue weighted by Crippen LogP contribution is 2.38. The molecule has 0 amide bonds. The van der Waals surface area contributed by atoms with Gasteiger partial charge in [-0.3, -0.25) is 5.32 Å². The van der Waals surface area contributed by atoms with Gasteiger partial charge in [-0.2, -0.15) is 0 Å². The number of rotatable bonds is 4. The summed E-state index contributed by atoms with van der Waals surface area (Å²) in [6.07, 6.45) is 7.88. The number of nitrogens with zero attached hydrogens (tertiary/aromatic N) is 2. The first-order chi connectivity index (χ1) is 12.5. The molecule has 0 aromatic carbocycles. The monoisotopic (exact) mass is 364 g/mol. The lowest BCUT2D eigenvalue weighted by Crippen LogP contribution is -2.48. The van der Waals surface area contributed by atoms with Gasteiger partial charge in [-0.15, -0.1) is 0 Å². The second kappa shape index (κ2) is 7.67. The minimum Gasteiger partial charge on any atom is -0.355 e. The Bertz CT molecular complexity index is 459. The van der Waals surface area contributed by atoms with E-state index in [0.717, 1.165) is 13.0 Å². The Balaban J connectivity index is 1.23. The first-order valence-electron chi connectivity index (χ1n) is 11.1. The van der Waals surface area contributed by atoms with Crippen molar-refractivity contribution < 1.29 is 4.74 Å². The number of likely N-dealkylation sites (tertiary alicyclic amines) is 2. The fraction of sp³-hybridized carbons (Fsp3) is 1.00. The van der Waals surface area contributed by atoms with Crippen LogP contribution >= 0.6 is 0 Å². The maximum Gasteiger partial charge on any atom is 0.110 e. The second-order valence-electron chi connectivity index (χ2n) is 9.85. The third-order valence-electron chi connectivity index (χ3n) is 7.85. The molecule has 150 valence electrons. The molecular formula is C21H40N4O. The van der Waals surface area contributed by atoms with E-state index in [1.54, 1.807) is 0 Å². The van der Waals surface area contributed by atoms with E-state index in [-0.39, 0.29) is 11.8 Å². The van der Waals surface area contributed by atoms with E-state index in [1.165, 1.54) is 71.4 Å². The molecule has 4 aliphatic rings. The molecule has 4 heterocycles. The quantitative estimate of drug-likeness (QED) is 0.799. The molecule has 4 rings (SSSR count). The Labute approximate surface area is 160 Å². The van der Waals surface area contributed by atoms with Crippen LogP contribution in [0.25, 0.3) is 0 Å². The van der Waals surface area contributed by atoms with Crippen molar-refractivity contribution in [3.8, 4) is 0 Å². The molecule has 2 spiro atoms. The van der Waals surface area contributed by atoms with E-state index >= 15 is 0 Å². The van der Waals surface area contributed by atoms with Crippen LogP contribution in [0.4, 0.5) is 0 Å². The van der Waals surface area contributed by atoms with Gasteiger partial charge in [0, 0.05) is 44.7 Å². The molecule has 0 bridgehead atoms.